The van der Waals surface area contributed by atoms with E-state index in [1.807, 2.05) is 0 Å². The Hall–Kier alpha value is -7.04. The normalized spacial score (nSPS) is 13.8. The maximum absolute atomic E-state index is 5.63. The summed E-state index contributed by atoms with van der Waals surface area (Å²) in [6, 6.07) is 57.5. The van der Waals surface area contributed by atoms with Gasteiger partial charge in [-0.25, -0.2) is 9.97 Å². The Balaban J connectivity index is 1.27. The quantitative estimate of drug-likeness (QED) is 0.168. The molecular formula is C51H32N4. The van der Waals surface area contributed by atoms with Gasteiger partial charge in [-0.3, -0.25) is 4.57 Å². The molecule has 4 aromatic heterocycles. The van der Waals surface area contributed by atoms with Gasteiger partial charge in [0.05, 0.1) is 38.6 Å². The second-order valence-electron chi connectivity index (χ2n) is 15.7. The van der Waals surface area contributed by atoms with Crippen molar-refractivity contribution >= 4 is 81.7 Å². The first kappa shape index (κ1) is 29.4. The van der Waals surface area contributed by atoms with E-state index in [9.17, 15) is 0 Å². The first-order chi connectivity index (χ1) is 27.1. The van der Waals surface area contributed by atoms with Crippen molar-refractivity contribution in [3.05, 3.63) is 169 Å². The molecule has 13 rings (SSSR count). The molecule has 4 heterocycles. The number of para-hydroxylation sites is 1. The van der Waals surface area contributed by atoms with Crippen LogP contribution in [-0.4, -0.2) is 18.9 Å². The topological polar surface area (TPSA) is 35.1 Å². The molecule has 1 aliphatic rings. The second-order valence-corrected chi connectivity index (χ2v) is 15.7. The number of fused-ring (bicyclic) bond motifs is 12. The van der Waals surface area contributed by atoms with Crippen LogP contribution in [0.15, 0.2) is 158 Å². The summed E-state index contributed by atoms with van der Waals surface area (Å²) in [7, 11) is 0. The van der Waals surface area contributed by atoms with Crippen molar-refractivity contribution in [3.63, 3.8) is 0 Å². The van der Waals surface area contributed by atoms with Gasteiger partial charge in [0.2, 0.25) is 0 Å². The summed E-state index contributed by atoms with van der Waals surface area (Å²) < 4.78 is 4.94. The van der Waals surface area contributed by atoms with Gasteiger partial charge in [0.1, 0.15) is 5.69 Å². The third-order valence-corrected chi connectivity index (χ3v) is 12.6. The maximum atomic E-state index is 5.63. The molecule has 8 aromatic carbocycles. The SMILES string of the molecule is CC1(C)c2ccccc2-c2c1cc1c3cccc4c3c3c(cccc3n3c5ccccc5c2c13)n4-c1nc2c(ccc3ccccc32)nc1-c1ccccc1. The summed E-state index contributed by atoms with van der Waals surface area (Å²) in [6.07, 6.45) is 0. The van der Waals surface area contributed by atoms with Crippen molar-refractivity contribution in [2.75, 3.05) is 0 Å². The lowest BCUT2D eigenvalue weighted by Crippen LogP contribution is -2.14. The molecular weight excluding hydrogens is 669 g/mol. The van der Waals surface area contributed by atoms with Gasteiger partial charge >= 0.3 is 0 Å². The molecule has 0 radical (unpaired) electrons. The molecule has 0 N–H and O–H groups in total. The summed E-state index contributed by atoms with van der Waals surface area (Å²) in [5.41, 5.74) is 14.9. The highest BCUT2D eigenvalue weighted by molar-refractivity contribution is 6.33. The largest absolute Gasteiger partial charge is 0.308 e. The van der Waals surface area contributed by atoms with Crippen molar-refractivity contribution in [1.82, 2.24) is 18.9 Å². The molecule has 12 aromatic rings. The third kappa shape index (κ3) is 3.57. The fourth-order valence-electron chi connectivity index (χ4n) is 10.2. The minimum atomic E-state index is -0.151. The monoisotopic (exact) mass is 700 g/mol. The number of nitrogens with zero attached hydrogens (tertiary/aromatic N) is 4. The highest BCUT2D eigenvalue weighted by Crippen LogP contribution is 2.55. The van der Waals surface area contributed by atoms with Crippen LogP contribution in [0.2, 0.25) is 0 Å². The average molecular weight is 701 g/mol. The fourth-order valence-corrected chi connectivity index (χ4v) is 10.2. The van der Waals surface area contributed by atoms with E-state index in [1.54, 1.807) is 0 Å². The minimum absolute atomic E-state index is 0.151. The Labute approximate surface area is 315 Å². The summed E-state index contributed by atoms with van der Waals surface area (Å²) in [6.45, 7) is 4.78. The molecule has 1 aliphatic carbocycles. The number of hydrogen-bond donors (Lipinski definition) is 0. The highest BCUT2D eigenvalue weighted by atomic mass is 15.1. The molecule has 4 nitrogen and oxygen atoms in total. The molecule has 0 aliphatic heterocycles. The fraction of sp³-hybridized carbons (Fsp3) is 0.0588. The predicted octanol–water partition coefficient (Wildman–Crippen LogP) is 13.0. The Kier molecular flexibility index (Phi) is 5.42. The Morgan fingerprint density at radius 3 is 2.07 bits per heavy atom. The summed E-state index contributed by atoms with van der Waals surface area (Å²) in [5, 5.41) is 9.87. The van der Waals surface area contributed by atoms with E-state index in [0.29, 0.717) is 0 Å². The molecule has 0 amide bonds. The van der Waals surface area contributed by atoms with Crippen LogP contribution >= 0.6 is 0 Å². The zero-order chi connectivity index (χ0) is 36.2. The zero-order valence-corrected chi connectivity index (χ0v) is 30.3. The lowest BCUT2D eigenvalue weighted by atomic mass is 9.81. The standard InChI is InChI=1S/C51H32N4/c1-51(2)36-21-10-8-18-33(36)43-37(51)28-35-32-20-12-23-40-44(32)46-41(54-39-22-11-9-19-34(39)45(43)49(35)54)24-13-25-42(46)55(40)50-47(30-15-4-3-5-16-30)52-38-27-26-29-14-6-7-17-31(29)48(38)53-50/h3-28H,1-2H3. The van der Waals surface area contributed by atoms with Gasteiger partial charge in [0.25, 0.3) is 0 Å². The lowest BCUT2D eigenvalue weighted by molar-refractivity contribution is 0.661. The number of rotatable bonds is 2. The van der Waals surface area contributed by atoms with E-state index >= 15 is 0 Å². The van der Waals surface area contributed by atoms with Crippen LogP contribution in [0.4, 0.5) is 0 Å². The molecule has 0 bridgehead atoms. The molecule has 4 heteroatoms. The zero-order valence-electron chi connectivity index (χ0n) is 30.3. The summed E-state index contributed by atoms with van der Waals surface area (Å²) in [4.78, 5) is 11.1. The number of aromatic nitrogens is 4. The van der Waals surface area contributed by atoms with Gasteiger partial charge in [0.15, 0.2) is 5.82 Å². The molecule has 55 heavy (non-hydrogen) atoms. The van der Waals surface area contributed by atoms with Crippen molar-refractivity contribution in [3.8, 4) is 28.2 Å². The van der Waals surface area contributed by atoms with E-state index in [4.69, 9.17) is 9.97 Å². The average Bonchev–Trinajstić information content (AvgIpc) is 3.80. The van der Waals surface area contributed by atoms with Crippen LogP contribution in [-0.2, 0) is 5.41 Å². The maximum Gasteiger partial charge on any atom is 0.165 e. The van der Waals surface area contributed by atoms with E-state index < -0.39 is 0 Å². The van der Waals surface area contributed by atoms with Gasteiger partial charge < -0.3 is 4.40 Å². The van der Waals surface area contributed by atoms with Crippen molar-refractivity contribution < 1.29 is 0 Å². The first-order valence-electron chi connectivity index (χ1n) is 19.1. The molecule has 0 spiro atoms. The molecule has 0 atom stereocenters. The van der Waals surface area contributed by atoms with Crippen molar-refractivity contribution in [2.24, 2.45) is 0 Å². The lowest BCUT2D eigenvalue weighted by Gasteiger charge is -2.22. The Morgan fingerprint density at radius 2 is 1.18 bits per heavy atom. The number of benzene rings is 8. The summed E-state index contributed by atoms with van der Waals surface area (Å²) >= 11 is 0. The molecule has 0 saturated heterocycles. The van der Waals surface area contributed by atoms with E-state index in [0.717, 1.165) is 49.9 Å². The van der Waals surface area contributed by atoms with Crippen molar-refractivity contribution in [1.29, 1.82) is 0 Å². The van der Waals surface area contributed by atoms with Crippen LogP contribution in [0.25, 0.3) is 110 Å². The van der Waals surface area contributed by atoms with Crippen molar-refractivity contribution in [2.45, 2.75) is 19.3 Å². The Morgan fingerprint density at radius 1 is 0.491 bits per heavy atom. The van der Waals surface area contributed by atoms with Gasteiger partial charge in [-0.05, 0) is 69.4 Å². The van der Waals surface area contributed by atoms with Crippen LogP contribution in [0.1, 0.15) is 25.0 Å². The minimum Gasteiger partial charge on any atom is -0.308 e. The Bertz CT molecular complexity index is 3620. The van der Waals surface area contributed by atoms with Crippen LogP contribution in [0.5, 0.6) is 0 Å². The molecule has 0 saturated carbocycles. The molecule has 0 unspecified atom stereocenters. The highest BCUT2D eigenvalue weighted by Gasteiger charge is 2.38. The van der Waals surface area contributed by atoms with Crippen LogP contribution in [0.3, 0.4) is 0 Å². The second kappa shape index (κ2) is 10.1. The van der Waals surface area contributed by atoms with E-state index in [-0.39, 0.29) is 5.41 Å². The van der Waals surface area contributed by atoms with Crippen LogP contribution in [0, 0.1) is 0 Å². The van der Waals surface area contributed by atoms with Crippen LogP contribution < -0.4 is 0 Å². The smallest absolute Gasteiger partial charge is 0.165 e. The first-order valence-corrected chi connectivity index (χ1v) is 19.1. The van der Waals surface area contributed by atoms with E-state index in [2.05, 4.69) is 181 Å². The molecule has 256 valence electrons. The van der Waals surface area contributed by atoms with Gasteiger partial charge in [-0.2, -0.15) is 0 Å². The van der Waals surface area contributed by atoms with E-state index in [1.165, 1.54) is 71.1 Å². The van der Waals surface area contributed by atoms with Gasteiger partial charge in [0, 0.05) is 43.3 Å². The molecule has 0 fully saturated rings. The number of hydrogen-bond acceptors (Lipinski definition) is 2. The predicted molar refractivity (Wildman–Crippen MR) is 229 cm³/mol. The van der Waals surface area contributed by atoms with Gasteiger partial charge in [-0.1, -0.05) is 135 Å². The summed E-state index contributed by atoms with van der Waals surface area (Å²) in [5.74, 6) is 0.832. The third-order valence-electron chi connectivity index (χ3n) is 12.6. The van der Waals surface area contributed by atoms with Gasteiger partial charge in [-0.15, -0.1) is 0 Å².